The van der Waals surface area contributed by atoms with Gasteiger partial charge in [0.15, 0.2) is 0 Å². The smallest absolute Gasteiger partial charge is 0.300 e. The second-order valence-electron chi connectivity index (χ2n) is 3.79. The van der Waals surface area contributed by atoms with E-state index in [9.17, 15) is 0 Å². The lowest BCUT2D eigenvalue weighted by molar-refractivity contribution is -0.134. The van der Waals surface area contributed by atoms with E-state index in [0.29, 0.717) is 6.61 Å². The number of aliphatic carboxylic acids is 1. The molecule has 0 bridgehead atoms. The van der Waals surface area contributed by atoms with Crippen molar-refractivity contribution in [1.82, 2.24) is 0 Å². The normalized spacial score (nSPS) is 9.12. The van der Waals surface area contributed by atoms with Gasteiger partial charge in [-0.2, -0.15) is 0 Å². The van der Waals surface area contributed by atoms with Crippen molar-refractivity contribution in [2.75, 3.05) is 6.61 Å². The van der Waals surface area contributed by atoms with Crippen molar-refractivity contribution in [1.29, 1.82) is 0 Å². The zero-order chi connectivity index (χ0) is 12.6. The summed E-state index contributed by atoms with van der Waals surface area (Å²) in [6.45, 7) is 5.13. The van der Waals surface area contributed by atoms with Crippen LogP contribution in [0.4, 0.5) is 0 Å². The fraction of sp³-hybridized carbons (Fsp3) is 0.769. The van der Waals surface area contributed by atoms with Crippen LogP contribution in [0.15, 0.2) is 12.7 Å². The Bertz CT molecular complexity index is 151. The molecule has 0 unspecified atom stereocenters. The molecule has 3 nitrogen and oxygen atoms in total. The maximum atomic E-state index is 9.00. The molecule has 3 heteroatoms. The van der Waals surface area contributed by atoms with Crippen LogP contribution < -0.4 is 0 Å². The Morgan fingerprint density at radius 3 is 1.81 bits per heavy atom. The minimum Gasteiger partial charge on any atom is -0.481 e. The molecular weight excluding hydrogens is 204 g/mol. The van der Waals surface area contributed by atoms with Gasteiger partial charge in [0.1, 0.15) is 0 Å². The Kier molecular flexibility index (Phi) is 18.2. The Hall–Kier alpha value is -0.830. The van der Waals surface area contributed by atoms with Gasteiger partial charge in [-0.3, -0.25) is 4.79 Å². The van der Waals surface area contributed by atoms with Gasteiger partial charge in [-0.15, -0.1) is 6.58 Å². The molecule has 0 aliphatic carbocycles. The summed E-state index contributed by atoms with van der Waals surface area (Å²) in [6, 6.07) is 0. The molecule has 0 saturated heterocycles. The van der Waals surface area contributed by atoms with E-state index in [4.69, 9.17) is 15.0 Å². The lowest BCUT2D eigenvalue weighted by Crippen LogP contribution is -1.83. The van der Waals surface area contributed by atoms with Gasteiger partial charge < -0.3 is 10.2 Å². The summed E-state index contributed by atoms with van der Waals surface area (Å²) in [5.41, 5.74) is 0. The zero-order valence-electron chi connectivity index (χ0n) is 10.5. The van der Waals surface area contributed by atoms with Crippen LogP contribution in [0.2, 0.25) is 0 Å². The molecule has 0 rings (SSSR count). The Morgan fingerprint density at radius 2 is 1.44 bits per heavy atom. The van der Waals surface area contributed by atoms with Crippen LogP contribution in [-0.2, 0) is 4.79 Å². The van der Waals surface area contributed by atoms with Gasteiger partial charge in [-0.1, -0.05) is 38.2 Å². The van der Waals surface area contributed by atoms with E-state index in [1.165, 1.54) is 38.5 Å². The molecule has 0 amide bonds. The second kappa shape index (κ2) is 16.6. The molecule has 0 heterocycles. The zero-order valence-corrected chi connectivity index (χ0v) is 10.5. The molecule has 2 N–H and O–H groups in total. The fourth-order valence-corrected chi connectivity index (χ4v) is 1.28. The average Bonchev–Trinajstić information content (AvgIpc) is 2.21. The molecule has 16 heavy (non-hydrogen) atoms. The Morgan fingerprint density at radius 1 is 1.06 bits per heavy atom. The number of hydrogen-bond acceptors (Lipinski definition) is 2. The first kappa shape index (κ1) is 17.6. The summed E-state index contributed by atoms with van der Waals surface area (Å²) < 4.78 is 0. The summed E-state index contributed by atoms with van der Waals surface area (Å²) >= 11 is 0. The third kappa shape index (κ3) is 29.2. The van der Waals surface area contributed by atoms with Gasteiger partial charge in [-0.05, 0) is 19.3 Å². The molecule has 96 valence electrons. The van der Waals surface area contributed by atoms with Gasteiger partial charge in [-0.25, -0.2) is 0 Å². The van der Waals surface area contributed by atoms with Crippen LogP contribution in [0.3, 0.4) is 0 Å². The van der Waals surface area contributed by atoms with Crippen LogP contribution in [-0.4, -0.2) is 22.8 Å². The SMILES string of the molecule is C=CCCCCCCCCCO.CC(=O)O. The maximum Gasteiger partial charge on any atom is 0.300 e. The fourth-order valence-electron chi connectivity index (χ4n) is 1.28. The predicted octanol–water partition coefficient (Wildman–Crippen LogP) is 3.38. The number of hydrogen-bond donors (Lipinski definition) is 2. The highest BCUT2D eigenvalue weighted by Crippen LogP contribution is 2.08. The lowest BCUT2D eigenvalue weighted by atomic mass is 10.1. The second-order valence-corrected chi connectivity index (χ2v) is 3.79. The predicted molar refractivity (Wildman–Crippen MR) is 67.5 cm³/mol. The van der Waals surface area contributed by atoms with Crippen molar-refractivity contribution in [3.63, 3.8) is 0 Å². The van der Waals surface area contributed by atoms with Crippen molar-refractivity contribution in [2.24, 2.45) is 0 Å². The third-order valence-electron chi connectivity index (χ3n) is 2.07. The topological polar surface area (TPSA) is 57.5 Å². The van der Waals surface area contributed by atoms with Gasteiger partial charge in [0.05, 0.1) is 0 Å². The van der Waals surface area contributed by atoms with Gasteiger partial charge >= 0.3 is 0 Å². The van der Waals surface area contributed by atoms with E-state index < -0.39 is 5.97 Å². The van der Waals surface area contributed by atoms with E-state index in [1.807, 2.05) is 6.08 Å². The number of allylic oxidation sites excluding steroid dienone is 1. The van der Waals surface area contributed by atoms with Crippen molar-refractivity contribution in [3.8, 4) is 0 Å². The molecule has 0 saturated carbocycles. The average molecular weight is 230 g/mol. The highest BCUT2D eigenvalue weighted by atomic mass is 16.4. The van der Waals surface area contributed by atoms with E-state index in [0.717, 1.165) is 19.8 Å². The van der Waals surface area contributed by atoms with Crippen LogP contribution in [0.25, 0.3) is 0 Å². The summed E-state index contributed by atoms with van der Waals surface area (Å²) in [5, 5.41) is 15.9. The largest absolute Gasteiger partial charge is 0.481 e. The van der Waals surface area contributed by atoms with Crippen molar-refractivity contribution in [3.05, 3.63) is 12.7 Å². The molecule has 0 aromatic heterocycles. The van der Waals surface area contributed by atoms with E-state index in [2.05, 4.69) is 6.58 Å². The van der Waals surface area contributed by atoms with Gasteiger partial charge in [0.25, 0.3) is 5.97 Å². The molecule has 0 radical (unpaired) electrons. The van der Waals surface area contributed by atoms with E-state index in [1.54, 1.807) is 0 Å². The molecule has 0 aliphatic rings. The van der Waals surface area contributed by atoms with E-state index in [-0.39, 0.29) is 0 Å². The third-order valence-corrected chi connectivity index (χ3v) is 2.07. The summed E-state index contributed by atoms with van der Waals surface area (Å²) in [6.07, 6.45) is 11.9. The number of carboxylic acids is 1. The lowest BCUT2D eigenvalue weighted by Gasteiger charge is -1.99. The molecule has 0 aliphatic heterocycles. The van der Waals surface area contributed by atoms with Crippen LogP contribution in [0.5, 0.6) is 0 Å². The first-order valence-electron chi connectivity index (χ1n) is 6.06. The number of aliphatic hydroxyl groups is 1. The summed E-state index contributed by atoms with van der Waals surface area (Å²) in [5.74, 6) is -0.833. The number of carboxylic acid groups (broad SMARTS) is 1. The van der Waals surface area contributed by atoms with Crippen molar-refractivity contribution >= 4 is 5.97 Å². The monoisotopic (exact) mass is 230 g/mol. The summed E-state index contributed by atoms with van der Waals surface area (Å²) in [4.78, 5) is 9.00. The van der Waals surface area contributed by atoms with E-state index >= 15 is 0 Å². The molecule has 0 spiro atoms. The molecule has 0 fully saturated rings. The first-order chi connectivity index (χ1) is 7.65. The van der Waals surface area contributed by atoms with Crippen LogP contribution in [0, 0.1) is 0 Å². The number of carbonyl (C=O) groups is 1. The van der Waals surface area contributed by atoms with Gasteiger partial charge in [0, 0.05) is 13.5 Å². The quantitative estimate of drug-likeness (QED) is 0.471. The molecule has 0 atom stereocenters. The molecule has 0 aromatic rings. The van der Waals surface area contributed by atoms with Gasteiger partial charge in [0.2, 0.25) is 0 Å². The van der Waals surface area contributed by atoms with Crippen molar-refractivity contribution in [2.45, 2.75) is 58.3 Å². The Labute approximate surface area is 99.2 Å². The summed E-state index contributed by atoms with van der Waals surface area (Å²) in [7, 11) is 0. The molecule has 0 aromatic carbocycles. The first-order valence-corrected chi connectivity index (χ1v) is 6.06. The highest BCUT2D eigenvalue weighted by Gasteiger charge is 1.89. The number of unbranched alkanes of at least 4 members (excludes halogenated alkanes) is 7. The van der Waals surface area contributed by atoms with Crippen LogP contribution >= 0.6 is 0 Å². The minimum atomic E-state index is -0.833. The highest BCUT2D eigenvalue weighted by molar-refractivity contribution is 5.62. The maximum absolute atomic E-state index is 9.00. The standard InChI is InChI=1S/C11H22O.C2H4O2/c1-2-3-4-5-6-7-8-9-10-11-12;1-2(3)4/h2,12H,1,3-11H2;1H3,(H,3,4). The Balaban J connectivity index is 0. The van der Waals surface area contributed by atoms with Crippen LogP contribution in [0.1, 0.15) is 58.3 Å². The number of aliphatic hydroxyl groups excluding tert-OH is 1. The van der Waals surface area contributed by atoms with Crippen molar-refractivity contribution < 1.29 is 15.0 Å². The minimum absolute atomic E-state index is 0.358. The number of rotatable bonds is 9. The molecular formula is C13H26O3.